The fourth-order valence-corrected chi connectivity index (χ4v) is 0.881. The average Bonchev–Trinajstić information content (AvgIpc) is 1.72. The number of rotatable bonds is 0. The molecule has 0 atom stereocenters. The van der Waals surface area contributed by atoms with Crippen molar-refractivity contribution in [2.24, 2.45) is 0 Å². The predicted octanol–water partition coefficient (Wildman–Crippen LogP) is 1.80. The second-order valence-corrected chi connectivity index (χ2v) is 2.03. The summed E-state index contributed by atoms with van der Waals surface area (Å²) in [7, 11) is 0. The molecule has 0 amide bonds. The summed E-state index contributed by atoms with van der Waals surface area (Å²) in [5, 5.41) is 2.10. The average molecular weight is 265 g/mol. The second-order valence-electron chi connectivity index (χ2n) is 1.09. The van der Waals surface area contributed by atoms with Crippen LogP contribution in [0.25, 0.3) is 0 Å². The summed E-state index contributed by atoms with van der Waals surface area (Å²) in [6.45, 7) is 0. The molecule has 0 aliphatic carbocycles. The number of thioether (sulfide) groups is 1. The Bertz CT molecular complexity index is 74.1. The molecule has 7 heavy (non-hydrogen) atoms. The van der Waals surface area contributed by atoms with Crippen LogP contribution in [0.2, 0.25) is 0 Å². The van der Waals surface area contributed by atoms with Gasteiger partial charge in [0.2, 0.25) is 0 Å². The van der Waals surface area contributed by atoms with Gasteiger partial charge in [0.15, 0.2) is 0 Å². The Balaban J connectivity index is 0.000000360. The van der Waals surface area contributed by atoms with E-state index in [1.807, 2.05) is 17.8 Å². The Labute approximate surface area is 77.6 Å². The van der Waals surface area contributed by atoms with Crippen molar-refractivity contribution in [1.29, 1.82) is 0 Å². The predicted molar refractivity (Wildman–Crippen MR) is 30.7 cm³/mol. The van der Waals surface area contributed by atoms with Gasteiger partial charge in [-0.05, 0) is 5.41 Å². The van der Waals surface area contributed by atoms with Crippen LogP contribution >= 0.6 is 11.8 Å². The van der Waals surface area contributed by atoms with E-state index in [9.17, 15) is 0 Å². The minimum absolute atomic E-state index is 0. The molecule has 0 radical (unpaired) electrons. The molecule has 0 saturated carbocycles. The Hall–Kier alpha value is 1.08. The fourth-order valence-electron chi connectivity index (χ4n) is 0.346. The van der Waals surface area contributed by atoms with Gasteiger partial charge in [-0.2, -0.15) is 0 Å². The minimum atomic E-state index is 0. The monoisotopic (exact) mass is 264 g/mol. The van der Waals surface area contributed by atoms with E-state index in [0.29, 0.717) is 0 Å². The summed E-state index contributed by atoms with van der Waals surface area (Å²) in [5.74, 6) is 1.15. The van der Waals surface area contributed by atoms with E-state index in [1.165, 1.54) is 0 Å². The SMILES string of the molecule is C1=CCSC=C1.[Er]. The molecule has 0 aromatic rings. The van der Waals surface area contributed by atoms with Crippen LogP contribution in [0.1, 0.15) is 0 Å². The van der Waals surface area contributed by atoms with Crippen molar-refractivity contribution in [1.82, 2.24) is 0 Å². The summed E-state index contributed by atoms with van der Waals surface area (Å²) in [4.78, 5) is 0. The van der Waals surface area contributed by atoms with Crippen LogP contribution in [0.3, 0.4) is 0 Å². The van der Waals surface area contributed by atoms with Crippen LogP contribution in [-0.2, 0) is 0 Å². The van der Waals surface area contributed by atoms with E-state index >= 15 is 0 Å². The zero-order chi connectivity index (χ0) is 4.24. The van der Waals surface area contributed by atoms with Crippen LogP contribution in [0.5, 0.6) is 0 Å². The van der Waals surface area contributed by atoms with E-state index in [0.717, 1.165) is 5.75 Å². The Kier molecular flexibility index (Phi) is 6.02. The van der Waals surface area contributed by atoms with E-state index in [2.05, 4.69) is 17.6 Å². The summed E-state index contributed by atoms with van der Waals surface area (Å²) in [6.07, 6.45) is 6.26. The maximum Gasteiger partial charge on any atom is 0.0157 e. The molecule has 2 heteroatoms. The van der Waals surface area contributed by atoms with Crippen LogP contribution in [0.4, 0.5) is 0 Å². The van der Waals surface area contributed by atoms with Crippen LogP contribution in [-0.4, -0.2) is 5.75 Å². The molecule has 0 N–H and O–H groups in total. The van der Waals surface area contributed by atoms with Crippen molar-refractivity contribution in [3.05, 3.63) is 23.6 Å². The van der Waals surface area contributed by atoms with Crippen LogP contribution in [0.15, 0.2) is 23.6 Å². The maximum atomic E-state index is 2.14. The van der Waals surface area contributed by atoms with Crippen LogP contribution < -0.4 is 0 Å². The van der Waals surface area contributed by atoms with E-state index < -0.39 is 0 Å². The summed E-state index contributed by atoms with van der Waals surface area (Å²) in [6, 6.07) is 0. The molecule has 0 bridgehead atoms. The molecule has 1 aliphatic heterocycles. The number of allylic oxidation sites excluding steroid dienone is 2. The molecular weight excluding hydrogens is 259 g/mol. The van der Waals surface area contributed by atoms with Crippen LogP contribution in [0, 0.1) is 37.3 Å². The third kappa shape index (κ3) is 3.64. The van der Waals surface area contributed by atoms with E-state index in [1.54, 1.807) is 0 Å². The molecule has 0 spiro atoms. The Morgan fingerprint density at radius 3 is 2.29 bits per heavy atom. The zero-order valence-electron chi connectivity index (χ0n) is 3.71. The van der Waals surface area contributed by atoms with E-state index in [-0.39, 0.29) is 37.3 Å². The van der Waals surface area contributed by atoms with Gasteiger partial charge in [-0.15, -0.1) is 11.8 Å². The van der Waals surface area contributed by atoms with Gasteiger partial charge in [0.1, 0.15) is 0 Å². The summed E-state index contributed by atoms with van der Waals surface area (Å²) < 4.78 is 0. The molecule has 0 fully saturated rings. The molecule has 1 heterocycles. The molecule has 0 unspecified atom stereocenters. The van der Waals surface area contributed by atoms with Gasteiger partial charge in [0.05, 0.1) is 0 Å². The first-order valence-electron chi connectivity index (χ1n) is 1.93. The van der Waals surface area contributed by atoms with Gasteiger partial charge < -0.3 is 0 Å². The minimum Gasteiger partial charge on any atom is -0.130 e. The quantitative estimate of drug-likeness (QED) is 0.644. The molecule has 1 rings (SSSR count). The Morgan fingerprint density at radius 2 is 2.14 bits per heavy atom. The van der Waals surface area contributed by atoms with Gasteiger partial charge in [-0.3, -0.25) is 0 Å². The standard InChI is InChI=1S/C5H6S.Er/c1-2-4-6-5-3-1;/h1-4H,5H2;. The van der Waals surface area contributed by atoms with Crippen molar-refractivity contribution in [2.75, 3.05) is 5.75 Å². The van der Waals surface area contributed by atoms with Crippen molar-refractivity contribution < 1.29 is 37.3 Å². The molecule has 44 valence electrons. The van der Waals surface area contributed by atoms with Crippen molar-refractivity contribution >= 4 is 11.8 Å². The molecule has 1 aliphatic rings. The van der Waals surface area contributed by atoms with Gasteiger partial charge in [0.25, 0.3) is 0 Å². The molecule has 0 aromatic heterocycles. The van der Waals surface area contributed by atoms with Gasteiger partial charge in [0, 0.05) is 43.1 Å². The van der Waals surface area contributed by atoms with Crippen molar-refractivity contribution in [2.45, 2.75) is 0 Å². The van der Waals surface area contributed by atoms with Crippen molar-refractivity contribution in [3.8, 4) is 0 Å². The molecule has 0 aromatic carbocycles. The normalized spacial score (nSPS) is 16.0. The smallest absolute Gasteiger partial charge is 0.0157 e. The van der Waals surface area contributed by atoms with Gasteiger partial charge >= 0.3 is 0 Å². The van der Waals surface area contributed by atoms with Gasteiger partial charge in [-0.25, -0.2) is 0 Å². The molecular formula is C5H6ErS. The largest absolute Gasteiger partial charge is 0.130 e. The van der Waals surface area contributed by atoms with E-state index in [4.69, 9.17) is 0 Å². The summed E-state index contributed by atoms with van der Waals surface area (Å²) in [5.41, 5.74) is 0. The third-order valence-electron chi connectivity index (χ3n) is 0.614. The first kappa shape index (κ1) is 8.08. The Morgan fingerprint density at radius 1 is 1.29 bits per heavy atom. The van der Waals surface area contributed by atoms with Gasteiger partial charge in [-0.1, -0.05) is 18.2 Å². The fraction of sp³-hybridized carbons (Fsp3) is 0.200. The zero-order valence-corrected chi connectivity index (χ0v) is 6.38. The second kappa shape index (κ2) is 5.22. The first-order chi connectivity index (χ1) is 3.00. The molecule has 0 saturated heterocycles. The van der Waals surface area contributed by atoms with Crippen molar-refractivity contribution in [3.63, 3.8) is 0 Å². The maximum absolute atomic E-state index is 2.14. The number of hydrogen-bond donors (Lipinski definition) is 0. The molecule has 0 nitrogen and oxygen atoms in total. The summed E-state index contributed by atoms with van der Waals surface area (Å²) >= 11 is 1.83. The topological polar surface area (TPSA) is 0 Å². The third-order valence-corrected chi connectivity index (χ3v) is 1.35. The number of hydrogen-bond acceptors (Lipinski definition) is 1. The first-order valence-corrected chi connectivity index (χ1v) is 2.98.